The number of anilines is 1. The number of nitrogens with one attached hydrogen (secondary N) is 1. The van der Waals surface area contributed by atoms with E-state index in [1.807, 2.05) is 11.3 Å². The van der Waals surface area contributed by atoms with E-state index in [9.17, 15) is 0 Å². The van der Waals surface area contributed by atoms with E-state index in [0.29, 0.717) is 6.04 Å². The first-order valence-electron chi connectivity index (χ1n) is 7.25. The van der Waals surface area contributed by atoms with E-state index >= 15 is 0 Å². The van der Waals surface area contributed by atoms with E-state index in [1.54, 1.807) is 0 Å². The molecule has 0 saturated heterocycles. The highest BCUT2D eigenvalue weighted by Crippen LogP contribution is 2.34. The van der Waals surface area contributed by atoms with Gasteiger partial charge in [0, 0.05) is 23.1 Å². The topological polar surface area (TPSA) is 29.9 Å². The predicted octanol–water partition coefficient (Wildman–Crippen LogP) is 4.33. The van der Waals surface area contributed by atoms with Crippen molar-refractivity contribution in [2.45, 2.75) is 19.4 Å². The van der Waals surface area contributed by atoms with E-state index in [1.165, 1.54) is 16.0 Å². The quantitative estimate of drug-likeness (QED) is 0.763. The van der Waals surface area contributed by atoms with Gasteiger partial charge in [-0.1, -0.05) is 35.9 Å². The van der Waals surface area contributed by atoms with Crippen molar-refractivity contribution in [3.63, 3.8) is 0 Å². The summed E-state index contributed by atoms with van der Waals surface area (Å²) in [4.78, 5) is 1.39. The second-order valence-corrected chi connectivity index (χ2v) is 6.45. The number of rotatable bonds is 2. The van der Waals surface area contributed by atoms with Crippen molar-refractivity contribution in [3.05, 3.63) is 58.3 Å². The molecule has 3 nitrogen and oxygen atoms in total. The molecular formula is C17H17N3S. The van der Waals surface area contributed by atoms with Crippen molar-refractivity contribution in [2.24, 2.45) is 0 Å². The maximum atomic E-state index is 4.85. The molecule has 0 bridgehead atoms. The van der Waals surface area contributed by atoms with Crippen LogP contribution in [0.2, 0.25) is 0 Å². The predicted molar refractivity (Wildman–Crippen MR) is 88.0 cm³/mol. The lowest BCUT2D eigenvalue weighted by atomic mass is 10.1. The molecule has 4 heteroatoms. The first-order chi connectivity index (χ1) is 10.3. The van der Waals surface area contributed by atoms with Gasteiger partial charge < -0.3 is 5.32 Å². The van der Waals surface area contributed by atoms with Crippen LogP contribution in [0.15, 0.2) is 47.8 Å². The number of benzene rings is 1. The van der Waals surface area contributed by atoms with Crippen molar-refractivity contribution in [3.8, 4) is 11.3 Å². The Balaban J connectivity index is 1.75. The minimum atomic E-state index is 0.362. The van der Waals surface area contributed by atoms with Gasteiger partial charge in [0.1, 0.15) is 5.82 Å². The second-order valence-electron chi connectivity index (χ2n) is 5.47. The van der Waals surface area contributed by atoms with Gasteiger partial charge in [-0.15, -0.1) is 11.3 Å². The Bertz CT molecular complexity index is 741. The van der Waals surface area contributed by atoms with E-state index in [2.05, 4.69) is 64.8 Å². The number of hydrogen-bond acceptors (Lipinski definition) is 3. The molecule has 1 N–H and O–H groups in total. The van der Waals surface area contributed by atoms with Crippen LogP contribution >= 0.6 is 11.3 Å². The van der Waals surface area contributed by atoms with Crippen LogP contribution in [0, 0.1) is 6.92 Å². The number of aromatic nitrogens is 2. The standard InChI is InChI=1S/C17H17N3S/c1-12-4-6-13(7-5-12)14-11-17-18-9-8-15(20(17)19-14)16-3-2-10-21-16/h2-7,10-11,15,18H,8-9H2,1H3. The molecule has 3 aromatic rings. The summed E-state index contributed by atoms with van der Waals surface area (Å²) >= 11 is 1.81. The average Bonchev–Trinajstić information content (AvgIpc) is 3.17. The molecule has 0 amide bonds. The SMILES string of the molecule is Cc1ccc(-c2cc3n(n2)C(c2cccs2)CCN3)cc1. The lowest BCUT2D eigenvalue weighted by Gasteiger charge is -2.24. The van der Waals surface area contributed by atoms with Gasteiger partial charge in [0.15, 0.2) is 0 Å². The van der Waals surface area contributed by atoms with Gasteiger partial charge >= 0.3 is 0 Å². The summed E-state index contributed by atoms with van der Waals surface area (Å²) < 4.78 is 2.14. The molecule has 1 aliphatic rings. The van der Waals surface area contributed by atoms with Crippen molar-refractivity contribution < 1.29 is 0 Å². The van der Waals surface area contributed by atoms with Crippen molar-refractivity contribution >= 4 is 17.2 Å². The Morgan fingerprint density at radius 1 is 1.24 bits per heavy atom. The van der Waals surface area contributed by atoms with Gasteiger partial charge in [0.05, 0.1) is 11.7 Å². The molecule has 1 atom stereocenters. The number of nitrogens with zero attached hydrogens (tertiary/aromatic N) is 2. The van der Waals surface area contributed by atoms with Gasteiger partial charge in [-0.2, -0.15) is 5.10 Å². The van der Waals surface area contributed by atoms with Crippen LogP contribution < -0.4 is 5.32 Å². The van der Waals surface area contributed by atoms with Crippen LogP contribution in [-0.2, 0) is 0 Å². The van der Waals surface area contributed by atoms with Gasteiger partial charge in [0.2, 0.25) is 0 Å². The maximum Gasteiger partial charge on any atom is 0.125 e. The molecule has 0 spiro atoms. The van der Waals surface area contributed by atoms with Gasteiger partial charge in [0.25, 0.3) is 0 Å². The van der Waals surface area contributed by atoms with Crippen LogP contribution in [0.3, 0.4) is 0 Å². The highest BCUT2D eigenvalue weighted by atomic mass is 32.1. The summed E-state index contributed by atoms with van der Waals surface area (Å²) in [6.45, 7) is 3.11. The minimum absolute atomic E-state index is 0.362. The van der Waals surface area contributed by atoms with E-state index in [4.69, 9.17) is 5.10 Å². The average molecular weight is 295 g/mol. The molecule has 3 heterocycles. The molecule has 4 rings (SSSR count). The first kappa shape index (κ1) is 12.7. The zero-order valence-corrected chi connectivity index (χ0v) is 12.7. The lowest BCUT2D eigenvalue weighted by molar-refractivity contribution is 0.490. The van der Waals surface area contributed by atoms with Crippen molar-refractivity contribution in [2.75, 3.05) is 11.9 Å². The Kier molecular flexibility index (Phi) is 3.04. The third kappa shape index (κ3) is 2.25. The summed E-state index contributed by atoms with van der Waals surface area (Å²) in [5.41, 5.74) is 3.49. The maximum absolute atomic E-state index is 4.85. The van der Waals surface area contributed by atoms with Crippen LogP contribution in [0.4, 0.5) is 5.82 Å². The summed E-state index contributed by atoms with van der Waals surface area (Å²) in [5, 5.41) is 10.5. The molecule has 106 valence electrons. The Hall–Kier alpha value is -2.07. The third-order valence-corrected chi connectivity index (χ3v) is 4.95. The molecule has 0 radical (unpaired) electrons. The number of hydrogen-bond donors (Lipinski definition) is 1. The van der Waals surface area contributed by atoms with E-state index in [-0.39, 0.29) is 0 Å². The van der Waals surface area contributed by atoms with E-state index in [0.717, 1.165) is 24.5 Å². The number of thiophene rings is 1. The Morgan fingerprint density at radius 2 is 2.10 bits per heavy atom. The largest absolute Gasteiger partial charge is 0.370 e. The van der Waals surface area contributed by atoms with Gasteiger partial charge in [-0.25, -0.2) is 4.68 Å². The monoisotopic (exact) mass is 295 g/mol. The molecule has 0 aliphatic carbocycles. The highest BCUT2D eigenvalue weighted by Gasteiger charge is 2.24. The van der Waals surface area contributed by atoms with E-state index < -0.39 is 0 Å². The minimum Gasteiger partial charge on any atom is -0.370 e. The van der Waals surface area contributed by atoms with Crippen LogP contribution in [-0.4, -0.2) is 16.3 Å². The Morgan fingerprint density at radius 3 is 2.86 bits per heavy atom. The Labute approximate surface area is 128 Å². The fourth-order valence-corrected chi connectivity index (χ4v) is 3.68. The molecule has 1 aromatic carbocycles. The molecule has 0 saturated carbocycles. The summed E-state index contributed by atoms with van der Waals surface area (Å²) in [6.07, 6.45) is 1.09. The smallest absolute Gasteiger partial charge is 0.125 e. The molecule has 2 aromatic heterocycles. The van der Waals surface area contributed by atoms with Crippen LogP contribution in [0.25, 0.3) is 11.3 Å². The summed E-state index contributed by atoms with van der Waals surface area (Å²) in [6, 6.07) is 15.4. The molecule has 0 fully saturated rings. The van der Waals surface area contributed by atoms with Crippen molar-refractivity contribution in [1.29, 1.82) is 0 Å². The zero-order chi connectivity index (χ0) is 14.2. The number of aryl methyl sites for hydroxylation is 1. The molecule has 21 heavy (non-hydrogen) atoms. The normalized spacial score (nSPS) is 17.3. The zero-order valence-electron chi connectivity index (χ0n) is 11.9. The van der Waals surface area contributed by atoms with Gasteiger partial charge in [-0.3, -0.25) is 0 Å². The molecule has 1 aliphatic heterocycles. The lowest BCUT2D eigenvalue weighted by Crippen LogP contribution is -2.23. The molecule has 1 unspecified atom stereocenters. The highest BCUT2D eigenvalue weighted by molar-refractivity contribution is 7.10. The summed E-state index contributed by atoms with van der Waals surface area (Å²) in [5.74, 6) is 1.12. The first-order valence-corrected chi connectivity index (χ1v) is 8.13. The second kappa shape index (κ2) is 5.04. The summed E-state index contributed by atoms with van der Waals surface area (Å²) in [7, 11) is 0. The fourth-order valence-electron chi connectivity index (χ4n) is 2.83. The third-order valence-electron chi connectivity index (χ3n) is 3.97. The van der Waals surface area contributed by atoms with Crippen LogP contribution in [0.1, 0.15) is 22.9 Å². The molecular weight excluding hydrogens is 278 g/mol. The van der Waals surface area contributed by atoms with Crippen LogP contribution in [0.5, 0.6) is 0 Å². The van der Waals surface area contributed by atoms with Gasteiger partial charge in [-0.05, 0) is 24.8 Å². The van der Waals surface area contributed by atoms with Crippen molar-refractivity contribution in [1.82, 2.24) is 9.78 Å². The fraction of sp³-hybridized carbons (Fsp3) is 0.235. The number of fused-ring (bicyclic) bond motifs is 1.